The van der Waals surface area contributed by atoms with E-state index in [1.807, 2.05) is 30.0 Å². The summed E-state index contributed by atoms with van der Waals surface area (Å²) in [5.74, 6) is 0.164. The van der Waals surface area contributed by atoms with Crippen molar-refractivity contribution in [1.82, 2.24) is 14.8 Å². The highest BCUT2D eigenvalue weighted by Crippen LogP contribution is 2.30. The molecule has 188 valence electrons. The van der Waals surface area contributed by atoms with Gasteiger partial charge in [-0.3, -0.25) is 4.90 Å². The van der Waals surface area contributed by atoms with Gasteiger partial charge in [-0.2, -0.15) is 0 Å². The number of aryl methyl sites for hydroxylation is 1. The van der Waals surface area contributed by atoms with E-state index in [1.165, 1.54) is 23.1 Å². The fraction of sp³-hybridized carbons (Fsp3) is 0.391. The van der Waals surface area contributed by atoms with Gasteiger partial charge in [-0.25, -0.2) is 9.78 Å². The zero-order chi connectivity index (χ0) is 25.0. The van der Waals surface area contributed by atoms with E-state index in [0.29, 0.717) is 38.5 Å². The van der Waals surface area contributed by atoms with Gasteiger partial charge in [-0.15, -0.1) is 24.5 Å². The molecular formula is C23H25F3N4O4S. The Labute approximate surface area is 203 Å². The second-order valence-electron chi connectivity index (χ2n) is 8.09. The maximum atomic E-state index is 12.6. The number of hydrogen-bond donors (Lipinski definition) is 2. The van der Waals surface area contributed by atoms with E-state index in [1.54, 1.807) is 11.3 Å². The van der Waals surface area contributed by atoms with Crippen molar-refractivity contribution in [2.24, 2.45) is 0 Å². The molecule has 2 amide bonds. The molecule has 1 aromatic heterocycles. The molecular weight excluding hydrogens is 485 g/mol. The predicted octanol–water partition coefficient (Wildman–Crippen LogP) is 4.09. The zero-order valence-corrected chi connectivity index (χ0v) is 19.7. The minimum Gasteiger partial charge on any atom is -0.491 e. The molecule has 8 nitrogen and oxygen atoms in total. The maximum Gasteiger partial charge on any atom is 0.573 e. The van der Waals surface area contributed by atoms with Crippen LogP contribution in [0.15, 0.2) is 42.5 Å². The van der Waals surface area contributed by atoms with Crippen LogP contribution in [0.1, 0.15) is 5.01 Å². The van der Waals surface area contributed by atoms with Crippen LogP contribution in [0, 0.1) is 6.92 Å². The zero-order valence-electron chi connectivity index (χ0n) is 18.9. The van der Waals surface area contributed by atoms with Crippen LogP contribution in [0.3, 0.4) is 0 Å². The molecule has 35 heavy (non-hydrogen) atoms. The molecule has 0 spiro atoms. The van der Waals surface area contributed by atoms with Gasteiger partial charge < -0.3 is 24.8 Å². The average Bonchev–Trinajstić information content (AvgIpc) is 3.18. The van der Waals surface area contributed by atoms with Gasteiger partial charge in [-0.05, 0) is 31.2 Å². The number of ether oxygens (including phenoxy) is 2. The molecule has 2 aromatic carbocycles. The first-order chi connectivity index (χ1) is 16.7. The van der Waals surface area contributed by atoms with Crippen molar-refractivity contribution in [2.45, 2.75) is 19.4 Å². The molecule has 2 N–H and O–H groups in total. The topological polar surface area (TPSA) is 87.2 Å². The first kappa shape index (κ1) is 25.0. The van der Waals surface area contributed by atoms with Gasteiger partial charge in [0, 0.05) is 38.8 Å². The molecule has 1 atom stereocenters. The Morgan fingerprint density at radius 2 is 1.94 bits per heavy atom. The van der Waals surface area contributed by atoms with Crippen molar-refractivity contribution in [2.75, 3.05) is 44.6 Å². The van der Waals surface area contributed by atoms with Gasteiger partial charge in [0.25, 0.3) is 0 Å². The summed E-state index contributed by atoms with van der Waals surface area (Å²) in [6, 6.07) is 10.5. The number of β-amino-alcohol motifs (C(OH)–C–C–N with tert-alkyl or cyclic N) is 1. The van der Waals surface area contributed by atoms with Gasteiger partial charge in [-0.1, -0.05) is 12.1 Å². The number of nitrogens with one attached hydrogen (secondary N) is 1. The predicted molar refractivity (Wildman–Crippen MR) is 126 cm³/mol. The molecule has 3 aromatic rings. The number of aliphatic hydroxyl groups excluding tert-OH is 1. The second-order valence-corrected chi connectivity index (χ2v) is 9.32. The monoisotopic (exact) mass is 510 g/mol. The van der Waals surface area contributed by atoms with Gasteiger partial charge in [0.15, 0.2) is 5.75 Å². The van der Waals surface area contributed by atoms with E-state index in [0.717, 1.165) is 21.3 Å². The Morgan fingerprint density at radius 3 is 2.69 bits per heavy atom. The number of aliphatic hydroxyl groups is 1. The SMILES string of the molecule is Cc1nc2cc(OC[C@H](O)CN3CCN(C(=O)Nc4ccccc4OC(F)(F)F)CC3)ccc2s1. The lowest BCUT2D eigenvalue weighted by Gasteiger charge is -2.35. The molecule has 1 aliphatic rings. The van der Waals surface area contributed by atoms with Crippen LogP contribution in [0.5, 0.6) is 11.5 Å². The van der Waals surface area contributed by atoms with Crippen molar-refractivity contribution >= 4 is 33.3 Å². The third kappa shape index (κ3) is 6.96. The summed E-state index contributed by atoms with van der Waals surface area (Å²) in [5.41, 5.74) is 0.803. The van der Waals surface area contributed by atoms with Crippen LogP contribution in [0.4, 0.5) is 23.7 Å². The van der Waals surface area contributed by atoms with Crippen molar-refractivity contribution in [3.8, 4) is 11.5 Å². The maximum absolute atomic E-state index is 12.6. The number of thiazole rings is 1. The number of rotatable bonds is 7. The summed E-state index contributed by atoms with van der Waals surface area (Å²) in [6.45, 7) is 4.17. The third-order valence-electron chi connectivity index (χ3n) is 5.39. The number of urea groups is 1. The number of halogens is 3. The highest BCUT2D eigenvalue weighted by molar-refractivity contribution is 7.18. The molecule has 0 radical (unpaired) electrons. The number of nitrogens with zero attached hydrogens (tertiary/aromatic N) is 3. The minimum absolute atomic E-state index is 0.0594. The smallest absolute Gasteiger partial charge is 0.491 e. The lowest BCUT2D eigenvalue weighted by molar-refractivity contribution is -0.274. The van der Waals surface area contributed by atoms with Crippen LogP contribution >= 0.6 is 11.3 Å². The highest BCUT2D eigenvalue weighted by Gasteiger charge is 2.32. The van der Waals surface area contributed by atoms with E-state index in [-0.39, 0.29) is 12.3 Å². The number of aromatic nitrogens is 1. The number of alkyl halides is 3. The number of carbonyl (C=O) groups excluding carboxylic acids is 1. The van der Waals surface area contributed by atoms with Gasteiger partial charge in [0.05, 0.1) is 20.9 Å². The molecule has 0 aliphatic carbocycles. The molecule has 0 saturated carbocycles. The summed E-state index contributed by atoms with van der Waals surface area (Å²) in [7, 11) is 0. The number of amides is 2. The molecule has 1 aliphatic heterocycles. The van der Waals surface area contributed by atoms with Crippen molar-refractivity contribution in [3.63, 3.8) is 0 Å². The number of benzene rings is 2. The first-order valence-corrected chi connectivity index (χ1v) is 11.8. The summed E-state index contributed by atoms with van der Waals surface area (Å²) >= 11 is 1.61. The van der Waals surface area contributed by atoms with Gasteiger partial charge in [0.2, 0.25) is 0 Å². The number of piperazine rings is 1. The molecule has 4 rings (SSSR count). The second kappa shape index (κ2) is 10.7. The summed E-state index contributed by atoms with van der Waals surface area (Å²) in [4.78, 5) is 20.5. The average molecular weight is 511 g/mol. The Balaban J connectivity index is 1.22. The number of carbonyl (C=O) groups is 1. The summed E-state index contributed by atoms with van der Waals surface area (Å²) in [5, 5.41) is 13.9. The quantitative estimate of drug-likeness (QED) is 0.498. The van der Waals surface area contributed by atoms with Crippen LogP contribution in [-0.4, -0.2) is 77.7 Å². The van der Waals surface area contributed by atoms with Crippen LogP contribution < -0.4 is 14.8 Å². The summed E-state index contributed by atoms with van der Waals surface area (Å²) in [6.07, 6.45) is -5.58. The Kier molecular flexibility index (Phi) is 7.63. The fourth-order valence-electron chi connectivity index (χ4n) is 3.77. The van der Waals surface area contributed by atoms with E-state index in [9.17, 15) is 23.1 Å². The van der Waals surface area contributed by atoms with Crippen molar-refractivity contribution in [1.29, 1.82) is 0 Å². The number of anilines is 1. The fourth-order valence-corrected chi connectivity index (χ4v) is 4.57. The minimum atomic E-state index is -4.86. The molecule has 0 bridgehead atoms. The van der Waals surface area contributed by atoms with E-state index in [4.69, 9.17) is 4.74 Å². The molecule has 1 saturated heterocycles. The Bertz CT molecular complexity index is 1170. The Morgan fingerprint density at radius 1 is 1.20 bits per heavy atom. The molecule has 0 unspecified atom stereocenters. The molecule has 12 heteroatoms. The number of para-hydroxylation sites is 2. The Hall–Kier alpha value is -3.09. The van der Waals surface area contributed by atoms with E-state index in [2.05, 4.69) is 15.0 Å². The highest BCUT2D eigenvalue weighted by atomic mass is 32.1. The van der Waals surface area contributed by atoms with Crippen LogP contribution in [-0.2, 0) is 0 Å². The largest absolute Gasteiger partial charge is 0.573 e. The van der Waals surface area contributed by atoms with Gasteiger partial charge >= 0.3 is 12.4 Å². The summed E-state index contributed by atoms with van der Waals surface area (Å²) < 4.78 is 48.5. The normalized spacial score (nSPS) is 15.7. The standard InChI is InChI=1S/C23H25F3N4O4S/c1-15-27-19-12-17(6-7-21(19)35-15)33-14-16(31)13-29-8-10-30(11-9-29)22(32)28-18-4-2-3-5-20(18)34-23(24,25)26/h2-7,12,16,31H,8-11,13-14H2,1H3,(H,28,32)/t16-/m1/s1. The third-order valence-corrected chi connectivity index (χ3v) is 6.34. The number of hydrogen-bond acceptors (Lipinski definition) is 7. The first-order valence-electron chi connectivity index (χ1n) is 11.0. The van der Waals surface area contributed by atoms with Crippen molar-refractivity contribution < 1.29 is 32.5 Å². The van der Waals surface area contributed by atoms with Crippen molar-refractivity contribution in [3.05, 3.63) is 47.5 Å². The van der Waals surface area contributed by atoms with Crippen LogP contribution in [0.25, 0.3) is 10.2 Å². The van der Waals surface area contributed by atoms with E-state index >= 15 is 0 Å². The van der Waals surface area contributed by atoms with Crippen LogP contribution in [0.2, 0.25) is 0 Å². The van der Waals surface area contributed by atoms with E-state index < -0.39 is 24.2 Å². The lowest BCUT2D eigenvalue weighted by atomic mass is 10.2. The van der Waals surface area contributed by atoms with Gasteiger partial charge in [0.1, 0.15) is 18.5 Å². The number of fused-ring (bicyclic) bond motifs is 1. The lowest BCUT2D eigenvalue weighted by Crippen LogP contribution is -2.52. The molecule has 2 heterocycles. The molecule has 1 fully saturated rings.